The predicted octanol–water partition coefficient (Wildman–Crippen LogP) is 5.51. The Labute approximate surface area is 162 Å². The van der Waals surface area contributed by atoms with E-state index in [0.717, 1.165) is 21.8 Å². The van der Waals surface area contributed by atoms with Crippen molar-refractivity contribution in [1.29, 1.82) is 0 Å². The molecule has 2 N–H and O–H groups in total. The topological polar surface area (TPSA) is 54.0 Å². The Balaban J connectivity index is 1.72. The number of benzene rings is 1. The van der Waals surface area contributed by atoms with E-state index in [1.165, 1.54) is 49.9 Å². The van der Waals surface area contributed by atoms with Crippen LogP contribution in [0.3, 0.4) is 0 Å². The first-order valence-electron chi connectivity index (χ1n) is 9.67. The average molecular weight is 386 g/mol. The van der Waals surface area contributed by atoms with E-state index >= 15 is 0 Å². The number of rotatable bonds is 4. The molecule has 1 aliphatic carbocycles. The number of aromatic nitrogens is 1. The molecule has 4 rings (SSSR count). The van der Waals surface area contributed by atoms with E-state index in [1.807, 2.05) is 6.92 Å². The highest BCUT2D eigenvalue weighted by Gasteiger charge is 2.31. The predicted molar refractivity (Wildman–Crippen MR) is 106 cm³/mol. The Bertz CT molecular complexity index is 853. The van der Waals surface area contributed by atoms with E-state index in [1.54, 1.807) is 23.5 Å². The highest BCUT2D eigenvalue weighted by molar-refractivity contribution is 7.10. The molecule has 4 nitrogen and oxygen atoms in total. The largest absolute Gasteiger partial charge is 0.327 e. The van der Waals surface area contributed by atoms with Gasteiger partial charge in [0.05, 0.1) is 11.7 Å². The van der Waals surface area contributed by atoms with Gasteiger partial charge in [0.15, 0.2) is 0 Å². The summed E-state index contributed by atoms with van der Waals surface area (Å²) in [6.45, 7) is 2.03. The third kappa shape index (κ3) is 3.76. The number of carbonyl (C=O) groups excluding carboxylic acids is 1. The molecule has 0 radical (unpaired) electrons. The van der Waals surface area contributed by atoms with Crippen LogP contribution in [0.2, 0.25) is 0 Å². The molecule has 6 heteroatoms. The number of nitrogens with zero attached hydrogens (tertiary/aromatic N) is 1. The fourth-order valence-electron chi connectivity index (χ4n) is 4.05. The summed E-state index contributed by atoms with van der Waals surface area (Å²) in [7, 11) is 0. The van der Waals surface area contributed by atoms with E-state index in [2.05, 4.69) is 16.0 Å². The molecule has 2 heterocycles. The second-order valence-corrected chi connectivity index (χ2v) is 8.10. The molecular weight excluding hydrogens is 361 g/mol. The van der Waals surface area contributed by atoms with Gasteiger partial charge in [0.2, 0.25) is 0 Å². The highest BCUT2D eigenvalue weighted by atomic mass is 32.1. The lowest BCUT2D eigenvalue weighted by atomic mass is 9.87. The first kappa shape index (κ1) is 18.2. The standard InChI is InChI=1S/C21H24FN3OS/c1-2-16-18(20-23-17(12-27-20)13-6-4-3-5-7-13)19(25-21(26)24-16)14-8-10-15(22)11-9-14/h8-13,19H,2-7H2,1H3,(H2,24,25,26). The van der Waals surface area contributed by atoms with Crippen LogP contribution in [0.25, 0.3) is 5.57 Å². The van der Waals surface area contributed by atoms with Crippen LogP contribution in [0, 0.1) is 5.82 Å². The minimum absolute atomic E-state index is 0.228. The molecule has 1 aliphatic heterocycles. The SMILES string of the molecule is CCC1=C(c2nc(C3CCCCC3)cs2)C(c2ccc(F)cc2)NC(=O)N1. The molecule has 1 fully saturated rings. The fraction of sp³-hybridized carbons (Fsp3) is 0.429. The van der Waals surface area contributed by atoms with E-state index in [9.17, 15) is 9.18 Å². The lowest BCUT2D eigenvalue weighted by Gasteiger charge is -2.29. The lowest BCUT2D eigenvalue weighted by molar-refractivity contribution is 0.240. The Morgan fingerprint density at radius 1 is 1.19 bits per heavy atom. The number of carbonyl (C=O) groups is 1. The number of urea groups is 1. The molecule has 1 saturated carbocycles. The maximum absolute atomic E-state index is 13.4. The van der Waals surface area contributed by atoms with Gasteiger partial charge in [0.1, 0.15) is 10.8 Å². The summed E-state index contributed by atoms with van der Waals surface area (Å²) in [4.78, 5) is 17.1. The van der Waals surface area contributed by atoms with Crippen LogP contribution in [0.15, 0.2) is 35.3 Å². The number of amides is 2. The quantitative estimate of drug-likeness (QED) is 0.730. The van der Waals surface area contributed by atoms with Gasteiger partial charge in [-0.15, -0.1) is 11.3 Å². The monoisotopic (exact) mass is 385 g/mol. The molecule has 0 saturated heterocycles. The number of halogens is 1. The Kier molecular flexibility index (Phi) is 5.25. The Hall–Kier alpha value is -2.21. The summed E-state index contributed by atoms with van der Waals surface area (Å²) in [6, 6.07) is 5.78. The molecule has 1 unspecified atom stereocenters. The second-order valence-electron chi connectivity index (χ2n) is 7.24. The second kappa shape index (κ2) is 7.80. The molecule has 1 aromatic carbocycles. The summed E-state index contributed by atoms with van der Waals surface area (Å²) in [6.07, 6.45) is 6.99. The number of thiazole rings is 1. The molecule has 0 spiro atoms. The van der Waals surface area contributed by atoms with Gasteiger partial charge >= 0.3 is 6.03 Å². The third-order valence-corrected chi connectivity index (χ3v) is 6.38. The van der Waals surface area contributed by atoms with Crippen molar-refractivity contribution in [2.24, 2.45) is 0 Å². The lowest BCUT2D eigenvalue weighted by Crippen LogP contribution is -2.43. The smallest absolute Gasteiger partial charge is 0.319 e. The van der Waals surface area contributed by atoms with Gasteiger partial charge in [-0.25, -0.2) is 14.2 Å². The summed E-state index contributed by atoms with van der Waals surface area (Å²) < 4.78 is 13.4. The molecule has 2 aliphatic rings. The first-order valence-corrected chi connectivity index (χ1v) is 10.6. The van der Waals surface area contributed by atoms with Crippen LogP contribution in [0.5, 0.6) is 0 Å². The maximum Gasteiger partial charge on any atom is 0.319 e. The van der Waals surface area contributed by atoms with E-state index in [4.69, 9.17) is 4.98 Å². The van der Waals surface area contributed by atoms with Gasteiger partial charge in [0, 0.05) is 22.6 Å². The fourth-order valence-corrected chi connectivity index (χ4v) is 5.05. The summed E-state index contributed by atoms with van der Waals surface area (Å²) >= 11 is 1.64. The molecule has 27 heavy (non-hydrogen) atoms. The number of hydrogen-bond donors (Lipinski definition) is 2. The highest BCUT2D eigenvalue weighted by Crippen LogP contribution is 2.39. The van der Waals surface area contributed by atoms with Crippen molar-refractivity contribution in [3.63, 3.8) is 0 Å². The number of allylic oxidation sites excluding steroid dienone is 1. The summed E-state index contributed by atoms with van der Waals surface area (Å²) in [5, 5.41) is 9.04. The van der Waals surface area contributed by atoms with Crippen molar-refractivity contribution in [2.45, 2.75) is 57.4 Å². The molecule has 1 atom stereocenters. The third-order valence-electron chi connectivity index (χ3n) is 5.49. The zero-order valence-electron chi connectivity index (χ0n) is 15.4. The molecule has 142 valence electrons. The minimum atomic E-state index is -0.320. The number of hydrogen-bond acceptors (Lipinski definition) is 3. The van der Waals surface area contributed by atoms with Crippen molar-refractivity contribution in [1.82, 2.24) is 15.6 Å². The van der Waals surface area contributed by atoms with Crippen LogP contribution in [0.1, 0.15) is 73.7 Å². The van der Waals surface area contributed by atoms with Crippen molar-refractivity contribution in [2.75, 3.05) is 0 Å². The molecular formula is C21H24FN3OS. The van der Waals surface area contributed by atoms with E-state index in [0.29, 0.717) is 12.3 Å². The Morgan fingerprint density at radius 3 is 2.63 bits per heavy atom. The van der Waals surface area contributed by atoms with E-state index < -0.39 is 0 Å². The average Bonchev–Trinajstić information content (AvgIpc) is 3.18. The van der Waals surface area contributed by atoms with Gasteiger partial charge in [-0.05, 0) is 37.0 Å². The van der Waals surface area contributed by atoms with Crippen LogP contribution in [-0.2, 0) is 0 Å². The zero-order chi connectivity index (χ0) is 18.8. The minimum Gasteiger partial charge on any atom is -0.327 e. The van der Waals surface area contributed by atoms with Gasteiger partial charge in [-0.2, -0.15) is 0 Å². The first-order chi connectivity index (χ1) is 13.2. The van der Waals surface area contributed by atoms with E-state index in [-0.39, 0.29) is 17.9 Å². The van der Waals surface area contributed by atoms with Crippen LogP contribution >= 0.6 is 11.3 Å². The van der Waals surface area contributed by atoms with Crippen LogP contribution in [0.4, 0.5) is 9.18 Å². The van der Waals surface area contributed by atoms with Crippen molar-refractivity contribution < 1.29 is 9.18 Å². The van der Waals surface area contributed by atoms with Gasteiger partial charge < -0.3 is 10.6 Å². The molecule has 1 aromatic heterocycles. The zero-order valence-corrected chi connectivity index (χ0v) is 16.2. The maximum atomic E-state index is 13.4. The molecule has 0 bridgehead atoms. The molecule has 2 aromatic rings. The van der Waals surface area contributed by atoms with Gasteiger partial charge in [-0.3, -0.25) is 0 Å². The summed E-state index contributed by atoms with van der Waals surface area (Å²) in [5.74, 6) is 0.263. The molecule has 2 amide bonds. The normalized spacial score (nSPS) is 21.1. The van der Waals surface area contributed by atoms with Crippen molar-refractivity contribution in [3.05, 3.63) is 57.4 Å². The van der Waals surface area contributed by atoms with Crippen LogP contribution in [-0.4, -0.2) is 11.0 Å². The number of nitrogens with one attached hydrogen (secondary N) is 2. The van der Waals surface area contributed by atoms with Crippen molar-refractivity contribution in [3.8, 4) is 0 Å². The van der Waals surface area contributed by atoms with Crippen molar-refractivity contribution >= 4 is 22.9 Å². The Morgan fingerprint density at radius 2 is 1.93 bits per heavy atom. The van der Waals surface area contributed by atoms with Gasteiger partial charge in [0.25, 0.3) is 0 Å². The van der Waals surface area contributed by atoms with Gasteiger partial charge in [-0.1, -0.05) is 38.3 Å². The summed E-state index contributed by atoms with van der Waals surface area (Å²) in [5.41, 5.74) is 3.92. The van der Waals surface area contributed by atoms with Crippen LogP contribution < -0.4 is 10.6 Å².